The van der Waals surface area contributed by atoms with Crippen LogP contribution in [0, 0.1) is 17.8 Å². The highest BCUT2D eigenvalue weighted by molar-refractivity contribution is 6.00. The number of nitrogens with two attached hydrogens (primary N) is 1. The van der Waals surface area contributed by atoms with Crippen molar-refractivity contribution in [2.75, 3.05) is 6.54 Å². The molecular formula is C32H50N4O6. The van der Waals surface area contributed by atoms with Gasteiger partial charge in [-0.15, -0.1) is 0 Å². The summed E-state index contributed by atoms with van der Waals surface area (Å²) in [6, 6.07) is -1.67. The average molecular weight is 587 g/mol. The Kier molecular flexibility index (Phi) is 14.2. The third-order valence-electron chi connectivity index (χ3n) is 9.11. The summed E-state index contributed by atoms with van der Waals surface area (Å²) < 4.78 is 0. The molecule has 1 heterocycles. The zero-order valence-electron chi connectivity index (χ0n) is 25.0. The molecule has 4 amide bonds. The Hall–Kier alpha value is -3.04. The lowest BCUT2D eigenvalue weighted by molar-refractivity contribution is -0.133. The first-order chi connectivity index (χ1) is 20.2. The van der Waals surface area contributed by atoms with Crippen LogP contribution in [0.15, 0.2) is 12.2 Å². The minimum Gasteiger partial charge on any atom is -0.368 e. The summed E-state index contributed by atoms with van der Waals surface area (Å²) in [5.74, 6) is -2.35. The van der Waals surface area contributed by atoms with Crippen LogP contribution in [-0.4, -0.2) is 53.8 Å². The predicted molar refractivity (Wildman–Crippen MR) is 159 cm³/mol. The Balaban J connectivity index is 1.79. The molecule has 42 heavy (non-hydrogen) atoms. The van der Waals surface area contributed by atoms with Gasteiger partial charge >= 0.3 is 0 Å². The first-order valence-electron chi connectivity index (χ1n) is 16.1. The number of nitrogens with one attached hydrogen (secondary N) is 3. The number of carbonyl (C=O) groups is 6. The summed E-state index contributed by atoms with van der Waals surface area (Å²) in [5, 5.41) is 8.15. The van der Waals surface area contributed by atoms with Crippen molar-refractivity contribution in [3.63, 3.8) is 0 Å². The number of carbonyl (C=O) groups excluding carboxylic acids is 6. The van der Waals surface area contributed by atoms with E-state index < -0.39 is 35.7 Å². The third kappa shape index (κ3) is 12.1. The average Bonchev–Trinajstić information content (AvgIpc) is 2.97. The maximum atomic E-state index is 13.7. The molecule has 3 atom stereocenters. The molecule has 0 radical (unpaired) electrons. The van der Waals surface area contributed by atoms with Crippen LogP contribution in [0.4, 0.5) is 0 Å². The second-order valence-electron chi connectivity index (χ2n) is 12.6. The molecule has 0 aromatic carbocycles. The fourth-order valence-electron chi connectivity index (χ4n) is 6.66. The van der Waals surface area contributed by atoms with Crippen molar-refractivity contribution in [2.24, 2.45) is 23.5 Å². The van der Waals surface area contributed by atoms with E-state index in [0.717, 1.165) is 69.9 Å². The van der Waals surface area contributed by atoms with E-state index >= 15 is 0 Å². The molecule has 1 aliphatic heterocycles. The van der Waals surface area contributed by atoms with Crippen molar-refractivity contribution in [1.29, 1.82) is 0 Å². The Bertz CT molecular complexity index is 983. The molecule has 2 fully saturated rings. The Morgan fingerprint density at radius 1 is 0.714 bits per heavy atom. The Labute approximate surface area is 249 Å². The molecule has 2 saturated carbocycles. The minimum atomic E-state index is -0.896. The van der Waals surface area contributed by atoms with Gasteiger partial charge in [0.05, 0.1) is 12.6 Å². The zero-order valence-corrected chi connectivity index (χ0v) is 25.0. The normalized spacial score (nSPS) is 28.3. The fraction of sp³-hybridized carbons (Fsp3) is 0.750. The lowest BCUT2D eigenvalue weighted by Gasteiger charge is -2.29. The topological polar surface area (TPSA) is 165 Å². The van der Waals surface area contributed by atoms with Crippen LogP contribution in [0.3, 0.4) is 0 Å². The molecule has 0 aromatic rings. The van der Waals surface area contributed by atoms with Crippen LogP contribution in [0.1, 0.15) is 116 Å². The van der Waals surface area contributed by atoms with Crippen molar-refractivity contribution < 1.29 is 28.8 Å². The number of primary amides is 1. The van der Waals surface area contributed by atoms with Gasteiger partial charge in [-0.2, -0.15) is 0 Å². The summed E-state index contributed by atoms with van der Waals surface area (Å²) >= 11 is 0. The summed E-state index contributed by atoms with van der Waals surface area (Å²) in [6.07, 6.45) is 16.4. The molecular weight excluding hydrogens is 536 g/mol. The molecule has 0 saturated heterocycles. The minimum absolute atomic E-state index is 0.00131. The van der Waals surface area contributed by atoms with Gasteiger partial charge in [-0.05, 0) is 37.5 Å². The maximum absolute atomic E-state index is 13.7. The van der Waals surface area contributed by atoms with Crippen molar-refractivity contribution >= 4 is 35.2 Å². The quantitative estimate of drug-likeness (QED) is 0.386. The summed E-state index contributed by atoms with van der Waals surface area (Å²) in [6.45, 7) is -0.0822. The van der Waals surface area contributed by atoms with E-state index in [9.17, 15) is 28.8 Å². The predicted octanol–water partition coefficient (Wildman–Crippen LogP) is 3.16. The Morgan fingerprint density at radius 2 is 1.26 bits per heavy atom. The molecule has 10 nitrogen and oxygen atoms in total. The molecule has 0 spiro atoms. The molecule has 5 N–H and O–H groups in total. The van der Waals surface area contributed by atoms with Crippen molar-refractivity contribution in [1.82, 2.24) is 16.0 Å². The highest BCUT2D eigenvalue weighted by Crippen LogP contribution is 2.32. The highest BCUT2D eigenvalue weighted by atomic mass is 16.2. The molecule has 10 heteroatoms. The van der Waals surface area contributed by atoms with Crippen molar-refractivity contribution in [2.45, 2.75) is 128 Å². The largest absolute Gasteiger partial charge is 0.368 e. The molecule has 3 aliphatic rings. The lowest BCUT2D eigenvalue weighted by Crippen LogP contribution is -2.45. The third-order valence-corrected chi connectivity index (χ3v) is 9.11. The van der Waals surface area contributed by atoms with Gasteiger partial charge in [0.25, 0.3) is 0 Å². The van der Waals surface area contributed by atoms with Gasteiger partial charge < -0.3 is 21.7 Å². The fourth-order valence-corrected chi connectivity index (χ4v) is 6.66. The first kappa shape index (κ1) is 33.5. The molecule has 3 rings (SSSR count). The van der Waals surface area contributed by atoms with Crippen LogP contribution < -0.4 is 21.7 Å². The maximum Gasteiger partial charge on any atom is 0.244 e. The standard InChI is InChI=1S/C32H50N4O6/c33-31(41)26-15-9-3-8-14-25(37)21-34-32(42)24(18-22-10-4-1-5-11-22)20-28(38)27(19-23-12-6-2-7-13-23)36-30(40)17-16-29(39)35-26/h16-17,22-24,26-27H,1-15,18-21H2,(H2,33,41)(H,34,42)(H,35,39)(H,36,40)/b17-16-/t24-,26+,27+/m1/s1. The first-order valence-corrected chi connectivity index (χ1v) is 16.1. The number of Topliss-reactive ketones (excluding diaryl/α,β-unsaturated/α-hetero) is 2. The number of ketones is 2. The summed E-state index contributed by atoms with van der Waals surface area (Å²) in [7, 11) is 0. The van der Waals surface area contributed by atoms with Crippen LogP contribution in [0.5, 0.6) is 0 Å². The Morgan fingerprint density at radius 3 is 1.88 bits per heavy atom. The molecule has 2 aliphatic carbocycles. The van der Waals surface area contributed by atoms with Crippen LogP contribution in [-0.2, 0) is 28.8 Å². The van der Waals surface area contributed by atoms with E-state index in [1.807, 2.05) is 0 Å². The van der Waals surface area contributed by atoms with Gasteiger partial charge in [0.2, 0.25) is 23.6 Å². The molecule has 0 bridgehead atoms. The van der Waals surface area contributed by atoms with Gasteiger partial charge in [-0.25, -0.2) is 0 Å². The monoisotopic (exact) mass is 586 g/mol. The van der Waals surface area contributed by atoms with E-state index in [-0.39, 0.29) is 30.4 Å². The van der Waals surface area contributed by atoms with E-state index in [1.165, 1.54) is 6.42 Å². The number of hydrogen-bond donors (Lipinski definition) is 4. The van der Waals surface area contributed by atoms with E-state index in [1.54, 1.807) is 0 Å². The second-order valence-corrected chi connectivity index (χ2v) is 12.6. The number of amides is 4. The van der Waals surface area contributed by atoms with E-state index in [0.29, 0.717) is 56.8 Å². The molecule has 234 valence electrons. The van der Waals surface area contributed by atoms with Crippen molar-refractivity contribution in [3.8, 4) is 0 Å². The van der Waals surface area contributed by atoms with Gasteiger partial charge in [0, 0.05) is 30.9 Å². The highest BCUT2D eigenvalue weighted by Gasteiger charge is 2.32. The zero-order chi connectivity index (χ0) is 30.3. The number of hydrogen-bond acceptors (Lipinski definition) is 6. The molecule has 0 aromatic heterocycles. The number of rotatable bonds is 5. The van der Waals surface area contributed by atoms with Crippen LogP contribution in [0.2, 0.25) is 0 Å². The van der Waals surface area contributed by atoms with Gasteiger partial charge in [-0.1, -0.05) is 77.0 Å². The second kappa shape index (κ2) is 17.8. The van der Waals surface area contributed by atoms with E-state index in [2.05, 4.69) is 16.0 Å². The van der Waals surface area contributed by atoms with Crippen LogP contribution in [0.25, 0.3) is 0 Å². The van der Waals surface area contributed by atoms with Gasteiger partial charge in [-0.3, -0.25) is 28.8 Å². The smallest absolute Gasteiger partial charge is 0.244 e. The molecule has 0 unspecified atom stereocenters. The van der Waals surface area contributed by atoms with Crippen LogP contribution >= 0.6 is 0 Å². The van der Waals surface area contributed by atoms with E-state index in [4.69, 9.17) is 5.73 Å². The summed E-state index contributed by atoms with van der Waals surface area (Å²) in [4.78, 5) is 76.8. The summed E-state index contributed by atoms with van der Waals surface area (Å²) in [5.41, 5.74) is 5.45. The van der Waals surface area contributed by atoms with Gasteiger partial charge in [0.15, 0.2) is 11.6 Å². The van der Waals surface area contributed by atoms with Crippen molar-refractivity contribution in [3.05, 3.63) is 12.2 Å². The SMILES string of the molecule is NC(=O)[C@@H]1CCCCCC(=O)CNC(=O)[C@H](CC2CCCCC2)CC(=O)[C@H](CC2CCCCC2)NC(=O)/C=C\C(=O)N1. The lowest BCUT2D eigenvalue weighted by atomic mass is 9.79. The van der Waals surface area contributed by atoms with Gasteiger partial charge in [0.1, 0.15) is 6.04 Å².